The van der Waals surface area contributed by atoms with Gasteiger partial charge in [0.1, 0.15) is 12.4 Å². The van der Waals surface area contributed by atoms with Crippen molar-refractivity contribution in [3.05, 3.63) is 97.0 Å². The number of nitrogens with zero attached hydrogens (tertiary/aromatic N) is 2. The number of hydrogen-bond acceptors (Lipinski definition) is 6. The summed E-state index contributed by atoms with van der Waals surface area (Å²) in [4.78, 5) is 41.3. The third-order valence-electron chi connectivity index (χ3n) is 4.41. The summed E-state index contributed by atoms with van der Waals surface area (Å²) in [7, 11) is 0. The monoisotopic (exact) mass is 515 g/mol. The normalized spacial score (nSPS) is 10.8. The summed E-state index contributed by atoms with van der Waals surface area (Å²) < 4.78 is 12.3. The molecule has 2 aromatic heterocycles. The maximum absolute atomic E-state index is 12.5. The summed E-state index contributed by atoms with van der Waals surface area (Å²) >= 11 is 9.50. The maximum Gasteiger partial charge on any atom is 0.338 e. The summed E-state index contributed by atoms with van der Waals surface area (Å²) in [6.07, 6.45) is 0. The van der Waals surface area contributed by atoms with Crippen molar-refractivity contribution >= 4 is 50.7 Å². The van der Waals surface area contributed by atoms with Gasteiger partial charge in [0.15, 0.2) is 5.65 Å². The molecule has 0 fully saturated rings. The Morgan fingerprint density at radius 2 is 1.97 bits per heavy atom. The minimum Gasteiger partial charge on any atom is -0.456 e. The number of halogens is 2. The van der Waals surface area contributed by atoms with Gasteiger partial charge in [0.2, 0.25) is 0 Å². The Morgan fingerprint density at radius 3 is 2.75 bits per heavy atom. The Hall–Kier alpha value is -3.43. The van der Waals surface area contributed by atoms with Gasteiger partial charge in [0, 0.05) is 22.2 Å². The Kier molecular flexibility index (Phi) is 6.11. The molecule has 4 rings (SSSR count). The quantitative estimate of drug-likeness (QED) is 0.388. The van der Waals surface area contributed by atoms with Crippen molar-refractivity contribution in [1.29, 1.82) is 0 Å². The van der Waals surface area contributed by atoms with Gasteiger partial charge in [-0.2, -0.15) is 0 Å². The lowest BCUT2D eigenvalue weighted by Gasteiger charge is -2.10. The van der Waals surface area contributed by atoms with E-state index in [1.807, 2.05) is 0 Å². The molecule has 10 heteroatoms. The largest absolute Gasteiger partial charge is 0.456 e. The zero-order valence-corrected chi connectivity index (χ0v) is 18.9. The lowest BCUT2D eigenvalue weighted by Crippen LogP contribution is -2.15. The van der Waals surface area contributed by atoms with Gasteiger partial charge in [-0.05, 0) is 43.3 Å². The number of esters is 1. The first-order valence-electron chi connectivity index (χ1n) is 9.33. The lowest BCUT2D eigenvalue weighted by atomic mass is 10.1. The number of hydrogen-bond donors (Lipinski definition) is 1. The predicted molar refractivity (Wildman–Crippen MR) is 121 cm³/mol. The first-order chi connectivity index (χ1) is 15.3. The van der Waals surface area contributed by atoms with Gasteiger partial charge < -0.3 is 14.6 Å². The Morgan fingerprint density at radius 1 is 1.16 bits per heavy atom. The van der Waals surface area contributed by atoms with Crippen LogP contribution in [0.15, 0.2) is 68.4 Å². The molecule has 0 saturated heterocycles. The molecule has 0 aliphatic carbocycles. The molecule has 0 radical (unpaired) electrons. The van der Waals surface area contributed by atoms with E-state index in [2.05, 4.69) is 26.2 Å². The van der Waals surface area contributed by atoms with Crippen molar-refractivity contribution < 1.29 is 18.8 Å². The molecule has 0 atom stereocenters. The summed E-state index contributed by atoms with van der Waals surface area (Å²) in [6, 6.07) is 14.1. The van der Waals surface area contributed by atoms with Gasteiger partial charge in [-0.15, -0.1) is 4.57 Å². The van der Waals surface area contributed by atoms with E-state index < -0.39 is 11.5 Å². The van der Waals surface area contributed by atoms with Crippen LogP contribution in [0, 0.1) is 6.92 Å². The standard InChI is InChI=1S/C22H15BrClN3O5/c1-12-7-19-25-16(10-20(28)27(19)32-12)11-31-22(30)14-5-6-17(24)18(9-14)26-21(29)13-3-2-4-15(23)8-13/h2-10H,11H2,1H3,(H,26,29). The van der Waals surface area contributed by atoms with E-state index in [-0.39, 0.29) is 34.5 Å². The molecule has 0 aliphatic rings. The molecular weight excluding hydrogens is 502 g/mol. The minimum absolute atomic E-state index is 0.177. The van der Waals surface area contributed by atoms with Crippen LogP contribution in [-0.4, -0.2) is 21.4 Å². The smallest absolute Gasteiger partial charge is 0.338 e. The highest BCUT2D eigenvalue weighted by atomic mass is 79.9. The third-order valence-corrected chi connectivity index (χ3v) is 5.24. The topological polar surface area (TPSA) is 103 Å². The average Bonchev–Trinajstić information content (AvgIpc) is 3.14. The Balaban J connectivity index is 1.48. The van der Waals surface area contributed by atoms with Gasteiger partial charge in [0.25, 0.3) is 11.5 Å². The van der Waals surface area contributed by atoms with Gasteiger partial charge in [-0.3, -0.25) is 9.59 Å². The summed E-state index contributed by atoms with van der Waals surface area (Å²) in [5.41, 5.74) is 1.05. The molecule has 1 N–H and O–H groups in total. The van der Waals surface area contributed by atoms with Crippen LogP contribution < -0.4 is 10.9 Å². The average molecular weight is 517 g/mol. The first kappa shape index (κ1) is 21.8. The van der Waals surface area contributed by atoms with Gasteiger partial charge >= 0.3 is 5.97 Å². The van der Waals surface area contributed by atoms with E-state index in [4.69, 9.17) is 20.9 Å². The van der Waals surface area contributed by atoms with Crippen molar-refractivity contribution in [1.82, 2.24) is 9.56 Å². The SMILES string of the molecule is Cc1cc2nc(COC(=O)c3ccc(Cl)c(NC(=O)c4cccc(Br)c4)c3)cc(=O)n2o1. The number of ether oxygens (including phenoxy) is 1. The number of anilines is 1. The van der Waals surface area contributed by atoms with Crippen LogP contribution in [-0.2, 0) is 11.3 Å². The van der Waals surface area contributed by atoms with Crippen LogP contribution in [0.5, 0.6) is 0 Å². The van der Waals surface area contributed by atoms with Gasteiger partial charge in [0.05, 0.1) is 22.0 Å². The second kappa shape index (κ2) is 8.97. The molecule has 162 valence electrons. The number of aryl methyl sites for hydroxylation is 1. The minimum atomic E-state index is -0.662. The second-order valence-corrected chi connectivity index (χ2v) is 8.14. The number of rotatable bonds is 5. The van der Waals surface area contributed by atoms with Crippen molar-refractivity contribution in [3.63, 3.8) is 0 Å². The fourth-order valence-corrected chi connectivity index (χ4v) is 3.51. The van der Waals surface area contributed by atoms with Crippen LogP contribution in [0.2, 0.25) is 5.02 Å². The first-order valence-corrected chi connectivity index (χ1v) is 10.5. The van der Waals surface area contributed by atoms with Crippen LogP contribution in [0.4, 0.5) is 5.69 Å². The molecule has 32 heavy (non-hydrogen) atoms. The van der Waals surface area contributed by atoms with E-state index in [0.29, 0.717) is 17.0 Å². The van der Waals surface area contributed by atoms with Crippen LogP contribution >= 0.6 is 27.5 Å². The molecule has 0 saturated carbocycles. The van der Waals surface area contributed by atoms with Crippen molar-refractivity contribution in [2.75, 3.05) is 5.32 Å². The van der Waals surface area contributed by atoms with Crippen LogP contribution in [0.3, 0.4) is 0 Å². The van der Waals surface area contributed by atoms with Crippen LogP contribution in [0.25, 0.3) is 5.65 Å². The van der Waals surface area contributed by atoms with E-state index >= 15 is 0 Å². The van der Waals surface area contributed by atoms with E-state index in [0.717, 1.165) is 9.05 Å². The number of amides is 1. The molecule has 8 nitrogen and oxygen atoms in total. The summed E-state index contributed by atoms with van der Waals surface area (Å²) in [5.74, 6) is -0.514. The summed E-state index contributed by atoms with van der Waals surface area (Å²) in [5, 5.41) is 2.95. The molecule has 0 spiro atoms. The number of aromatic nitrogens is 2. The highest BCUT2D eigenvalue weighted by molar-refractivity contribution is 9.10. The van der Waals surface area contributed by atoms with Crippen molar-refractivity contribution in [2.24, 2.45) is 0 Å². The third kappa shape index (κ3) is 4.74. The highest BCUT2D eigenvalue weighted by Gasteiger charge is 2.15. The Bertz CT molecular complexity index is 1410. The molecule has 2 aromatic carbocycles. The Labute approximate surface area is 194 Å². The number of carbonyl (C=O) groups is 2. The number of benzene rings is 2. The van der Waals surface area contributed by atoms with E-state index in [1.165, 1.54) is 24.3 Å². The lowest BCUT2D eigenvalue weighted by molar-refractivity contribution is 0.0467. The second-order valence-electron chi connectivity index (χ2n) is 6.82. The highest BCUT2D eigenvalue weighted by Crippen LogP contribution is 2.25. The van der Waals surface area contributed by atoms with E-state index in [9.17, 15) is 14.4 Å². The molecule has 4 aromatic rings. The number of fused-ring (bicyclic) bond motifs is 1. The van der Waals surface area contributed by atoms with Gasteiger partial charge in [-0.25, -0.2) is 9.78 Å². The van der Waals surface area contributed by atoms with Gasteiger partial charge in [-0.1, -0.05) is 33.6 Å². The maximum atomic E-state index is 12.5. The fraction of sp³-hybridized carbons (Fsp3) is 0.0909. The molecule has 0 unspecified atom stereocenters. The molecule has 1 amide bonds. The molecule has 0 aliphatic heterocycles. The predicted octanol–water partition coefficient (Wildman–Crippen LogP) is 4.62. The zero-order valence-electron chi connectivity index (χ0n) is 16.6. The molecular formula is C22H15BrClN3O5. The van der Waals surface area contributed by atoms with Crippen molar-refractivity contribution in [3.8, 4) is 0 Å². The van der Waals surface area contributed by atoms with Crippen LogP contribution in [0.1, 0.15) is 32.2 Å². The fourth-order valence-electron chi connectivity index (χ4n) is 2.94. The zero-order chi connectivity index (χ0) is 22.8. The van der Waals surface area contributed by atoms with E-state index in [1.54, 1.807) is 37.3 Å². The summed E-state index contributed by atoms with van der Waals surface area (Å²) in [6.45, 7) is 1.48. The number of carbonyl (C=O) groups excluding carboxylic acids is 2. The van der Waals surface area contributed by atoms with Crippen molar-refractivity contribution in [2.45, 2.75) is 13.5 Å². The number of nitrogens with one attached hydrogen (secondary N) is 1. The molecule has 0 bridgehead atoms. The molecule has 2 heterocycles.